The summed E-state index contributed by atoms with van der Waals surface area (Å²) in [6, 6.07) is 65.7. The maximum absolute atomic E-state index is 6.76. The number of furan rings is 1. The van der Waals surface area contributed by atoms with E-state index in [1.807, 2.05) is 0 Å². The molecule has 256 valence electrons. The van der Waals surface area contributed by atoms with Crippen LogP contribution in [0.3, 0.4) is 0 Å². The molecule has 10 aromatic rings. The van der Waals surface area contributed by atoms with Crippen LogP contribution in [-0.2, 0) is 5.41 Å². The normalized spacial score (nSPS) is 13.1. The fraction of sp³-hybridized carbons (Fsp3) is 0.0588. The number of fused-ring (bicyclic) bond motifs is 10. The van der Waals surface area contributed by atoms with Crippen LogP contribution in [0.25, 0.3) is 71.7 Å². The highest BCUT2D eigenvalue weighted by molar-refractivity contribution is 6.15. The number of rotatable bonds is 5. The van der Waals surface area contributed by atoms with Gasteiger partial charge in [-0.25, -0.2) is 0 Å². The summed E-state index contributed by atoms with van der Waals surface area (Å²) in [5.74, 6) is 0. The van der Waals surface area contributed by atoms with Crippen molar-refractivity contribution >= 4 is 60.8 Å². The van der Waals surface area contributed by atoms with Crippen LogP contribution in [0.4, 0.5) is 17.1 Å². The maximum Gasteiger partial charge on any atom is 0.137 e. The average molecular weight is 693 g/mol. The molecule has 1 aliphatic carbocycles. The lowest BCUT2D eigenvalue weighted by Crippen LogP contribution is -2.17. The monoisotopic (exact) mass is 692 g/mol. The van der Waals surface area contributed by atoms with Crippen LogP contribution in [-0.4, -0.2) is 4.57 Å². The molecular weight excluding hydrogens is 657 g/mol. The second-order valence-electron chi connectivity index (χ2n) is 14.9. The van der Waals surface area contributed by atoms with Crippen molar-refractivity contribution in [1.82, 2.24) is 4.57 Å². The predicted octanol–water partition coefficient (Wildman–Crippen LogP) is 14.1. The van der Waals surface area contributed by atoms with Gasteiger partial charge in [-0.1, -0.05) is 135 Å². The lowest BCUT2D eigenvalue weighted by atomic mass is 9.80. The Labute approximate surface area is 314 Å². The molecule has 0 bridgehead atoms. The highest BCUT2D eigenvalue weighted by Crippen LogP contribution is 2.58. The van der Waals surface area contributed by atoms with E-state index in [0.717, 1.165) is 33.6 Å². The fourth-order valence-corrected chi connectivity index (χ4v) is 9.13. The van der Waals surface area contributed by atoms with Gasteiger partial charge in [0, 0.05) is 55.7 Å². The van der Waals surface area contributed by atoms with E-state index in [4.69, 9.17) is 4.42 Å². The first-order chi connectivity index (χ1) is 26.6. The van der Waals surface area contributed by atoms with Crippen LogP contribution in [0.2, 0.25) is 0 Å². The zero-order valence-electron chi connectivity index (χ0n) is 30.1. The molecule has 0 fully saturated rings. The quantitative estimate of drug-likeness (QED) is 0.179. The second kappa shape index (κ2) is 11.6. The number of anilines is 3. The van der Waals surface area contributed by atoms with E-state index in [1.165, 1.54) is 66.3 Å². The van der Waals surface area contributed by atoms with Gasteiger partial charge in [-0.2, -0.15) is 0 Å². The summed E-state index contributed by atoms with van der Waals surface area (Å²) >= 11 is 0. The molecule has 3 nitrogen and oxygen atoms in total. The smallest absolute Gasteiger partial charge is 0.137 e. The number of benzene rings is 8. The minimum Gasteiger partial charge on any atom is -0.456 e. The second-order valence-corrected chi connectivity index (χ2v) is 14.9. The summed E-state index contributed by atoms with van der Waals surface area (Å²) in [6.45, 7) is 4.78. The number of nitrogens with zero attached hydrogens (tertiary/aromatic N) is 2. The van der Waals surface area contributed by atoms with Gasteiger partial charge in [-0.15, -0.1) is 0 Å². The van der Waals surface area contributed by atoms with Crippen LogP contribution < -0.4 is 4.90 Å². The van der Waals surface area contributed by atoms with Crippen LogP contribution in [0, 0.1) is 0 Å². The lowest BCUT2D eigenvalue weighted by molar-refractivity contribution is 0.656. The standard InChI is InChI=1S/C51H36N2O/c1-51(2)42-31-37(53-43-22-12-9-19-38(43)39-20-10-13-23-44(39)53)29-30-40(42)48-45(32-47-49(50(48)51)41-21-11-14-24-46(41)54-47)52(35-17-7-4-8-18-35)36-27-25-34(26-28-36)33-15-5-3-6-16-33/h3-32H,1-2H3. The summed E-state index contributed by atoms with van der Waals surface area (Å²) in [5.41, 5.74) is 15.9. The Kier molecular flexibility index (Phi) is 6.60. The third-order valence-corrected chi connectivity index (χ3v) is 11.5. The summed E-state index contributed by atoms with van der Waals surface area (Å²) in [4.78, 5) is 2.41. The molecule has 2 aromatic heterocycles. The van der Waals surface area contributed by atoms with E-state index in [1.54, 1.807) is 0 Å². The number of para-hydroxylation sites is 4. The van der Waals surface area contributed by atoms with Gasteiger partial charge in [0.2, 0.25) is 0 Å². The predicted molar refractivity (Wildman–Crippen MR) is 226 cm³/mol. The molecule has 0 atom stereocenters. The van der Waals surface area contributed by atoms with Crippen molar-refractivity contribution in [3.8, 4) is 27.9 Å². The van der Waals surface area contributed by atoms with Crippen molar-refractivity contribution in [3.05, 3.63) is 193 Å². The Morgan fingerprint density at radius 1 is 0.500 bits per heavy atom. The minimum atomic E-state index is -0.333. The van der Waals surface area contributed by atoms with Crippen molar-refractivity contribution in [2.24, 2.45) is 0 Å². The SMILES string of the molecule is CC1(C)c2cc(-n3c4ccccc4c4ccccc43)ccc2-c2c(N(c3ccccc3)c3ccc(-c4ccccc4)cc3)cc3oc4ccccc4c3c21. The molecular formula is C51H36N2O. The van der Waals surface area contributed by atoms with Gasteiger partial charge in [-0.3, -0.25) is 0 Å². The molecule has 0 N–H and O–H groups in total. The van der Waals surface area contributed by atoms with E-state index in [2.05, 4.69) is 205 Å². The number of hydrogen-bond donors (Lipinski definition) is 0. The van der Waals surface area contributed by atoms with Crippen molar-refractivity contribution in [2.75, 3.05) is 4.90 Å². The van der Waals surface area contributed by atoms with Crippen molar-refractivity contribution in [2.45, 2.75) is 19.3 Å². The topological polar surface area (TPSA) is 21.3 Å². The van der Waals surface area contributed by atoms with Crippen LogP contribution in [0.5, 0.6) is 0 Å². The summed E-state index contributed by atoms with van der Waals surface area (Å²) in [5, 5.41) is 4.87. The van der Waals surface area contributed by atoms with Crippen molar-refractivity contribution in [1.29, 1.82) is 0 Å². The molecule has 1 aliphatic rings. The highest BCUT2D eigenvalue weighted by atomic mass is 16.3. The van der Waals surface area contributed by atoms with Crippen LogP contribution in [0.1, 0.15) is 25.0 Å². The summed E-state index contributed by atoms with van der Waals surface area (Å²) in [6.07, 6.45) is 0. The molecule has 2 heterocycles. The number of hydrogen-bond acceptors (Lipinski definition) is 2. The Morgan fingerprint density at radius 2 is 1.07 bits per heavy atom. The van der Waals surface area contributed by atoms with E-state index in [-0.39, 0.29) is 5.41 Å². The first-order valence-electron chi connectivity index (χ1n) is 18.7. The lowest BCUT2D eigenvalue weighted by Gasteiger charge is -2.29. The van der Waals surface area contributed by atoms with Gasteiger partial charge < -0.3 is 13.9 Å². The molecule has 11 rings (SSSR count). The van der Waals surface area contributed by atoms with Gasteiger partial charge in [0.15, 0.2) is 0 Å². The molecule has 0 saturated heterocycles. The van der Waals surface area contributed by atoms with Gasteiger partial charge in [0.25, 0.3) is 0 Å². The molecule has 0 aliphatic heterocycles. The summed E-state index contributed by atoms with van der Waals surface area (Å²) < 4.78 is 9.19. The van der Waals surface area contributed by atoms with E-state index in [9.17, 15) is 0 Å². The first kappa shape index (κ1) is 30.8. The third kappa shape index (κ3) is 4.42. The van der Waals surface area contributed by atoms with E-state index >= 15 is 0 Å². The third-order valence-electron chi connectivity index (χ3n) is 11.5. The molecule has 8 aromatic carbocycles. The highest BCUT2D eigenvalue weighted by Gasteiger charge is 2.41. The molecule has 0 unspecified atom stereocenters. The Balaban J connectivity index is 1.19. The molecule has 54 heavy (non-hydrogen) atoms. The first-order valence-corrected chi connectivity index (χ1v) is 18.7. The largest absolute Gasteiger partial charge is 0.456 e. The van der Waals surface area contributed by atoms with Gasteiger partial charge in [0.1, 0.15) is 11.2 Å². The molecule has 0 radical (unpaired) electrons. The Morgan fingerprint density at radius 3 is 1.78 bits per heavy atom. The molecule has 0 spiro atoms. The van der Waals surface area contributed by atoms with Crippen LogP contribution >= 0.6 is 0 Å². The van der Waals surface area contributed by atoms with Gasteiger partial charge in [0.05, 0.1) is 16.7 Å². The minimum absolute atomic E-state index is 0.333. The van der Waals surface area contributed by atoms with Crippen LogP contribution in [0.15, 0.2) is 186 Å². The molecule has 0 saturated carbocycles. The average Bonchev–Trinajstić information content (AvgIpc) is 3.84. The molecule has 0 amide bonds. The maximum atomic E-state index is 6.76. The van der Waals surface area contributed by atoms with Crippen molar-refractivity contribution in [3.63, 3.8) is 0 Å². The Hall–Kier alpha value is -6.84. The van der Waals surface area contributed by atoms with E-state index < -0.39 is 0 Å². The van der Waals surface area contributed by atoms with Gasteiger partial charge >= 0.3 is 0 Å². The summed E-state index contributed by atoms with van der Waals surface area (Å²) in [7, 11) is 0. The molecule has 3 heteroatoms. The Bertz CT molecular complexity index is 3010. The van der Waals surface area contributed by atoms with E-state index in [0.29, 0.717) is 0 Å². The fourth-order valence-electron chi connectivity index (χ4n) is 9.13. The van der Waals surface area contributed by atoms with Crippen molar-refractivity contribution < 1.29 is 4.42 Å². The zero-order chi connectivity index (χ0) is 36.0. The van der Waals surface area contributed by atoms with Gasteiger partial charge in [-0.05, 0) is 82.4 Å². The zero-order valence-corrected chi connectivity index (χ0v) is 30.1. The number of aromatic nitrogens is 1.